The van der Waals surface area contributed by atoms with Gasteiger partial charge in [-0.05, 0) is 99.5 Å². The Morgan fingerprint density at radius 1 is 0.968 bits per heavy atom. The first-order valence-electron chi connectivity index (χ1n) is 12.0. The zero-order valence-corrected chi connectivity index (χ0v) is 18.7. The summed E-state index contributed by atoms with van der Waals surface area (Å²) in [5.41, 5.74) is 5.45. The van der Waals surface area contributed by atoms with Gasteiger partial charge in [-0.25, -0.2) is 4.39 Å². The minimum atomic E-state index is -0.131. The summed E-state index contributed by atoms with van der Waals surface area (Å²) in [4.78, 5) is 5.22. The largest absolute Gasteiger partial charge is 0.371 e. The molecule has 3 heterocycles. The molecule has 0 atom stereocenters. The number of likely N-dealkylation sites (tertiary alicyclic amines) is 1. The van der Waals surface area contributed by atoms with Gasteiger partial charge in [0.15, 0.2) is 0 Å². The number of anilines is 1. The summed E-state index contributed by atoms with van der Waals surface area (Å²) in [5, 5.41) is 1.10. The number of nitrogens with zero attached hydrogens (tertiary/aromatic N) is 3. The lowest BCUT2D eigenvalue weighted by Gasteiger charge is -2.33. The third-order valence-electron chi connectivity index (χ3n) is 7.37. The predicted molar refractivity (Wildman–Crippen MR) is 128 cm³/mol. The number of piperidine rings is 1. The molecule has 1 fully saturated rings. The van der Waals surface area contributed by atoms with Crippen molar-refractivity contribution in [3.05, 3.63) is 65.6 Å². The fraction of sp³-hybridized carbons (Fsp3) is 0.481. The van der Waals surface area contributed by atoms with Crippen molar-refractivity contribution in [2.75, 3.05) is 37.6 Å². The fourth-order valence-corrected chi connectivity index (χ4v) is 5.67. The predicted octanol–water partition coefficient (Wildman–Crippen LogP) is 5.73. The molecule has 0 unspecified atom stereocenters. The monoisotopic (exact) mass is 419 g/mol. The van der Waals surface area contributed by atoms with Gasteiger partial charge in [0, 0.05) is 42.9 Å². The second kappa shape index (κ2) is 9.04. The molecule has 0 amide bonds. The molecule has 0 saturated carbocycles. The first-order chi connectivity index (χ1) is 15.2. The molecule has 1 aromatic heterocycles. The zero-order valence-electron chi connectivity index (χ0n) is 18.7. The first kappa shape index (κ1) is 20.6. The van der Waals surface area contributed by atoms with E-state index in [0.29, 0.717) is 5.92 Å². The number of para-hydroxylation sites is 1. The van der Waals surface area contributed by atoms with Gasteiger partial charge in [0.2, 0.25) is 0 Å². The number of aryl methyl sites for hydroxylation is 2. The molecule has 4 heteroatoms. The molecule has 1 saturated heterocycles. The molecule has 2 aliphatic heterocycles. The van der Waals surface area contributed by atoms with Gasteiger partial charge in [0.05, 0.1) is 0 Å². The number of rotatable bonds is 6. The highest BCUT2D eigenvalue weighted by Crippen LogP contribution is 2.34. The van der Waals surface area contributed by atoms with Crippen molar-refractivity contribution >= 4 is 16.6 Å². The van der Waals surface area contributed by atoms with Gasteiger partial charge in [-0.1, -0.05) is 18.2 Å². The van der Waals surface area contributed by atoms with E-state index in [1.54, 1.807) is 12.1 Å². The van der Waals surface area contributed by atoms with Gasteiger partial charge in [-0.3, -0.25) is 0 Å². The van der Waals surface area contributed by atoms with Crippen LogP contribution in [0.4, 0.5) is 10.1 Å². The number of hydrogen-bond acceptors (Lipinski definition) is 2. The van der Waals surface area contributed by atoms with Gasteiger partial charge in [-0.2, -0.15) is 0 Å². The number of unbranched alkanes of at least 4 members (excludes halogenated alkanes) is 1. The van der Waals surface area contributed by atoms with E-state index >= 15 is 0 Å². The van der Waals surface area contributed by atoms with E-state index in [1.165, 1.54) is 75.0 Å². The lowest BCUT2D eigenvalue weighted by molar-refractivity contribution is 0.209. The Kier molecular flexibility index (Phi) is 5.99. The second-order valence-corrected chi connectivity index (χ2v) is 9.40. The third-order valence-corrected chi connectivity index (χ3v) is 7.37. The quantitative estimate of drug-likeness (QED) is 0.473. The molecular formula is C27H34FN3. The topological polar surface area (TPSA) is 11.4 Å². The standard InChI is InChI=1S/C27H34FN3/c1-29-20-25(24-19-23(28)10-11-27(24)29)21-12-17-30(18-13-21)14-4-5-15-31-16-6-8-22-7-2-3-9-26(22)31/h2-3,7,9-11,19-21H,4-6,8,12-18H2,1H3. The van der Waals surface area contributed by atoms with Crippen molar-refractivity contribution in [1.82, 2.24) is 9.47 Å². The van der Waals surface area contributed by atoms with E-state index in [4.69, 9.17) is 0 Å². The van der Waals surface area contributed by atoms with E-state index < -0.39 is 0 Å². The summed E-state index contributed by atoms with van der Waals surface area (Å²) < 4.78 is 16.0. The maximum atomic E-state index is 13.8. The number of aromatic nitrogens is 1. The Morgan fingerprint density at radius 2 is 1.77 bits per heavy atom. The first-order valence-corrected chi connectivity index (χ1v) is 12.0. The molecular weight excluding hydrogens is 385 g/mol. The highest BCUT2D eigenvalue weighted by molar-refractivity contribution is 5.84. The Morgan fingerprint density at radius 3 is 2.65 bits per heavy atom. The molecule has 0 aliphatic carbocycles. The maximum absolute atomic E-state index is 13.8. The van der Waals surface area contributed by atoms with Gasteiger partial charge < -0.3 is 14.4 Å². The molecule has 3 nitrogen and oxygen atoms in total. The third kappa shape index (κ3) is 4.36. The van der Waals surface area contributed by atoms with E-state index in [0.717, 1.165) is 24.0 Å². The Hall–Kier alpha value is -2.33. The molecule has 0 N–H and O–H groups in total. The SMILES string of the molecule is Cn1cc(C2CCN(CCCCN3CCCc4ccccc43)CC2)c2cc(F)ccc21. The van der Waals surface area contributed by atoms with Crippen molar-refractivity contribution in [2.24, 2.45) is 7.05 Å². The highest BCUT2D eigenvalue weighted by Gasteiger charge is 2.23. The van der Waals surface area contributed by atoms with Crippen LogP contribution in [0.2, 0.25) is 0 Å². The van der Waals surface area contributed by atoms with E-state index in [2.05, 4.69) is 51.9 Å². The van der Waals surface area contributed by atoms with Crippen molar-refractivity contribution in [3.8, 4) is 0 Å². The summed E-state index contributed by atoms with van der Waals surface area (Å²) in [7, 11) is 2.07. The van der Waals surface area contributed by atoms with Gasteiger partial charge in [0.1, 0.15) is 5.82 Å². The van der Waals surface area contributed by atoms with E-state index in [1.807, 2.05) is 6.07 Å². The maximum Gasteiger partial charge on any atom is 0.123 e. The summed E-state index contributed by atoms with van der Waals surface area (Å²) in [6, 6.07) is 14.1. The van der Waals surface area contributed by atoms with Gasteiger partial charge >= 0.3 is 0 Å². The fourth-order valence-electron chi connectivity index (χ4n) is 5.67. The Balaban J connectivity index is 1.10. The molecule has 2 aromatic carbocycles. The lowest BCUT2D eigenvalue weighted by atomic mass is 9.89. The van der Waals surface area contributed by atoms with Crippen LogP contribution in [0, 0.1) is 5.82 Å². The number of halogens is 1. The molecule has 31 heavy (non-hydrogen) atoms. The van der Waals surface area contributed by atoms with Crippen LogP contribution in [-0.4, -0.2) is 42.2 Å². The van der Waals surface area contributed by atoms with Crippen LogP contribution in [0.25, 0.3) is 10.9 Å². The molecule has 164 valence electrons. The average molecular weight is 420 g/mol. The smallest absolute Gasteiger partial charge is 0.123 e. The number of benzene rings is 2. The number of fused-ring (bicyclic) bond motifs is 2. The summed E-state index contributed by atoms with van der Waals surface area (Å²) in [6.07, 6.45) is 9.61. The Bertz CT molecular complexity index is 1030. The van der Waals surface area contributed by atoms with Crippen molar-refractivity contribution in [1.29, 1.82) is 0 Å². The van der Waals surface area contributed by atoms with Crippen LogP contribution >= 0.6 is 0 Å². The molecule has 0 bridgehead atoms. The summed E-state index contributed by atoms with van der Waals surface area (Å²) in [5.74, 6) is 0.417. The van der Waals surface area contributed by atoms with Crippen molar-refractivity contribution in [3.63, 3.8) is 0 Å². The zero-order chi connectivity index (χ0) is 21.2. The van der Waals surface area contributed by atoms with E-state index in [9.17, 15) is 4.39 Å². The summed E-state index contributed by atoms with van der Waals surface area (Å²) in [6.45, 7) is 5.89. The lowest BCUT2D eigenvalue weighted by Crippen LogP contribution is -2.34. The molecule has 2 aliphatic rings. The molecule has 3 aromatic rings. The van der Waals surface area contributed by atoms with Crippen molar-refractivity contribution < 1.29 is 4.39 Å². The van der Waals surface area contributed by atoms with Crippen LogP contribution in [-0.2, 0) is 13.5 Å². The van der Waals surface area contributed by atoms with Crippen molar-refractivity contribution in [2.45, 2.75) is 44.4 Å². The van der Waals surface area contributed by atoms with Gasteiger partial charge in [-0.15, -0.1) is 0 Å². The minimum absolute atomic E-state index is 0.131. The Labute approximate surface area is 185 Å². The number of hydrogen-bond donors (Lipinski definition) is 0. The normalized spacial score (nSPS) is 17.9. The van der Waals surface area contributed by atoms with Gasteiger partial charge in [0.25, 0.3) is 0 Å². The summed E-state index contributed by atoms with van der Waals surface area (Å²) >= 11 is 0. The van der Waals surface area contributed by atoms with Crippen LogP contribution < -0.4 is 4.90 Å². The van der Waals surface area contributed by atoms with Crippen LogP contribution in [0.3, 0.4) is 0 Å². The van der Waals surface area contributed by atoms with E-state index in [-0.39, 0.29) is 5.82 Å². The van der Waals surface area contributed by atoms with Crippen LogP contribution in [0.15, 0.2) is 48.7 Å². The second-order valence-electron chi connectivity index (χ2n) is 9.40. The molecule has 5 rings (SSSR count). The average Bonchev–Trinajstić information content (AvgIpc) is 3.12. The van der Waals surface area contributed by atoms with Crippen LogP contribution in [0.5, 0.6) is 0 Å². The van der Waals surface area contributed by atoms with Crippen LogP contribution in [0.1, 0.15) is 49.1 Å². The highest BCUT2D eigenvalue weighted by atomic mass is 19.1. The molecule has 0 radical (unpaired) electrons. The minimum Gasteiger partial charge on any atom is -0.371 e. The molecule has 0 spiro atoms.